The maximum absolute atomic E-state index is 11.6. The lowest BCUT2D eigenvalue weighted by atomic mass is 9.79. The highest BCUT2D eigenvalue weighted by atomic mass is 16.5. The number of rotatable bonds is 5. The quantitative estimate of drug-likeness (QED) is 0.379. The molecule has 1 aromatic rings. The van der Waals surface area contributed by atoms with Gasteiger partial charge in [-0.1, -0.05) is 30.3 Å². The monoisotopic (exact) mass is 419 g/mol. The number of nitrogens with zero attached hydrogens (tertiary/aromatic N) is 4. The Kier molecular flexibility index (Phi) is 4.71. The highest BCUT2D eigenvalue weighted by molar-refractivity contribution is 5.87. The highest BCUT2D eigenvalue weighted by Crippen LogP contribution is 2.50. The number of aliphatic imine (C=N–C) groups is 2. The number of hydrogen-bond donors (Lipinski definition) is 5. The number of nitrogens with two attached hydrogens (primary N) is 3. The molecule has 30 heavy (non-hydrogen) atoms. The van der Waals surface area contributed by atoms with Crippen molar-refractivity contribution in [3.63, 3.8) is 0 Å². The van der Waals surface area contributed by atoms with Crippen LogP contribution < -0.4 is 17.2 Å². The number of hydrogen-bond acceptors (Lipinski definition) is 11. The second kappa shape index (κ2) is 7.00. The highest BCUT2D eigenvalue weighted by Gasteiger charge is 2.75. The van der Waals surface area contributed by atoms with E-state index in [1.807, 2.05) is 30.3 Å². The van der Waals surface area contributed by atoms with Crippen molar-refractivity contribution < 1.29 is 24.6 Å². The molecule has 0 radical (unpaired) electrons. The molecule has 1 fully saturated rings. The summed E-state index contributed by atoms with van der Waals surface area (Å²) in [6.45, 7) is 1.66. The molecule has 1 spiro atoms. The van der Waals surface area contributed by atoms with Gasteiger partial charge < -0.3 is 36.7 Å². The number of carbonyl (C=O) groups excluding carboxylic acids is 1. The fourth-order valence-electron chi connectivity index (χ4n) is 4.58. The second-order valence-electron chi connectivity index (χ2n) is 7.70. The summed E-state index contributed by atoms with van der Waals surface area (Å²) in [5.74, 6) is -0.192. The molecule has 1 amide bonds. The van der Waals surface area contributed by atoms with Crippen LogP contribution in [-0.2, 0) is 16.1 Å². The molecule has 3 unspecified atom stereocenters. The molecule has 12 heteroatoms. The van der Waals surface area contributed by atoms with E-state index in [9.17, 15) is 15.1 Å². The van der Waals surface area contributed by atoms with E-state index in [1.54, 1.807) is 0 Å². The van der Waals surface area contributed by atoms with Crippen molar-refractivity contribution in [3.05, 3.63) is 35.9 Å². The van der Waals surface area contributed by atoms with E-state index in [0.717, 1.165) is 5.56 Å². The fraction of sp³-hybridized carbons (Fsp3) is 0.500. The molecular formula is C18H25N7O5. The van der Waals surface area contributed by atoms with Crippen LogP contribution in [0.1, 0.15) is 12.5 Å². The molecule has 0 aromatic heterocycles. The van der Waals surface area contributed by atoms with Crippen LogP contribution in [0.3, 0.4) is 0 Å². The van der Waals surface area contributed by atoms with Gasteiger partial charge in [-0.25, -0.2) is 14.8 Å². The van der Waals surface area contributed by atoms with Gasteiger partial charge in [0, 0.05) is 0 Å². The first-order chi connectivity index (χ1) is 14.2. The van der Waals surface area contributed by atoms with Crippen LogP contribution in [0, 0.1) is 0 Å². The number of ether oxygens (including phenoxy) is 2. The van der Waals surface area contributed by atoms with Crippen LogP contribution in [0.5, 0.6) is 0 Å². The Balaban J connectivity index is 1.68. The van der Waals surface area contributed by atoms with Gasteiger partial charge in [-0.3, -0.25) is 5.21 Å². The summed E-state index contributed by atoms with van der Waals surface area (Å²) in [7, 11) is 0. The summed E-state index contributed by atoms with van der Waals surface area (Å²) in [5.41, 5.74) is 14.8. The number of primary amides is 1. The Labute approximate surface area is 172 Å². The summed E-state index contributed by atoms with van der Waals surface area (Å²) >= 11 is 0. The minimum absolute atomic E-state index is 0.0272. The molecule has 162 valence electrons. The average Bonchev–Trinajstić information content (AvgIpc) is 3.11. The van der Waals surface area contributed by atoms with Crippen molar-refractivity contribution in [2.45, 2.75) is 43.0 Å². The summed E-state index contributed by atoms with van der Waals surface area (Å²) in [4.78, 5) is 21.2. The van der Waals surface area contributed by atoms with E-state index < -0.39 is 35.5 Å². The summed E-state index contributed by atoms with van der Waals surface area (Å²) in [6.07, 6.45) is -1.75. The number of hydroxylamine groups is 2. The maximum Gasteiger partial charge on any atom is 0.404 e. The first-order valence-electron chi connectivity index (χ1n) is 9.43. The van der Waals surface area contributed by atoms with Crippen molar-refractivity contribution in [1.82, 2.24) is 9.96 Å². The molecule has 1 aromatic carbocycles. The zero-order chi connectivity index (χ0) is 21.7. The molecule has 3 aliphatic rings. The number of aliphatic hydroxyl groups is 1. The minimum atomic E-state index is -1.68. The minimum Gasteiger partial charge on any atom is -0.447 e. The Morgan fingerprint density at radius 2 is 1.97 bits per heavy atom. The lowest BCUT2D eigenvalue weighted by Gasteiger charge is -2.51. The average molecular weight is 419 g/mol. The molecular weight excluding hydrogens is 394 g/mol. The van der Waals surface area contributed by atoms with E-state index >= 15 is 0 Å². The third-order valence-electron chi connectivity index (χ3n) is 5.98. The smallest absolute Gasteiger partial charge is 0.404 e. The van der Waals surface area contributed by atoms with Gasteiger partial charge >= 0.3 is 6.09 Å². The van der Waals surface area contributed by atoms with Gasteiger partial charge in [0.05, 0.1) is 13.2 Å². The molecule has 3 aliphatic heterocycles. The summed E-state index contributed by atoms with van der Waals surface area (Å²) in [6, 6.07) is 7.77. The third-order valence-corrected chi connectivity index (χ3v) is 5.98. The Bertz CT molecular complexity index is 892. The molecule has 3 heterocycles. The SMILES string of the molecule is C[C@]1(O)C(OCc2ccccc2)CN2C(N)=N[C@@H](COC(N)=O)C3N=C(N)N(O)C321. The zero-order valence-electron chi connectivity index (χ0n) is 16.4. The van der Waals surface area contributed by atoms with Crippen molar-refractivity contribution in [2.75, 3.05) is 13.2 Å². The largest absolute Gasteiger partial charge is 0.447 e. The molecule has 5 atom stereocenters. The molecule has 0 saturated carbocycles. The van der Waals surface area contributed by atoms with E-state index in [1.165, 1.54) is 11.8 Å². The Morgan fingerprint density at radius 3 is 2.63 bits per heavy atom. The molecule has 1 saturated heterocycles. The summed E-state index contributed by atoms with van der Waals surface area (Å²) in [5, 5.41) is 23.2. The van der Waals surface area contributed by atoms with Gasteiger partial charge in [-0.2, -0.15) is 5.06 Å². The first kappa shape index (κ1) is 20.2. The maximum atomic E-state index is 11.6. The fourth-order valence-corrected chi connectivity index (χ4v) is 4.58. The van der Waals surface area contributed by atoms with Crippen molar-refractivity contribution in [3.8, 4) is 0 Å². The van der Waals surface area contributed by atoms with Gasteiger partial charge in [-0.05, 0) is 12.5 Å². The molecule has 8 N–H and O–H groups in total. The van der Waals surface area contributed by atoms with Crippen LogP contribution in [0.15, 0.2) is 40.3 Å². The van der Waals surface area contributed by atoms with Gasteiger partial charge in [0.25, 0.3) is 0 Å². The second-order valence-corrected chi connectivity index (χ2v) is 7.70. The molecule has 12 nitrogen and oxygen atoms in total. The predicted molar refractivity (Wildman–Crippen MR) is 105 cm³/mol. The topological polar surface area (TPSA) is 185 Å². The molecule has 4 rings (SSSR count). The lowest BCUT2D eigenvalue weighted by Crippen LogP contribution is -2.76. The van der Waals surface area contributed by atoms with E-state index in [2.05, 4.69) is 9.98 Å². The number of benzene rings is 1. The lowest BCUT2D eigenvalue weighted by molar-refractivity contribution is -0.233. The van der Waals surface area contributed by atoms with Crippen LogP contribution >= 0.6 is 0 Å². The van der Waals surface area contributed by atoms with E-state index in [4.69, 9.17) is 26.7 Å². The van der Waals surface area contributed by atoms with Gasteiger partial charge in [0.15, 0.2) is 11.6 Å². The van der Waals surface area contributed by atoms with Crippen LogP contribution in [0.2, 0.25) is 0 Å². The molecule has 0 bridgehead atoms. The van der Waals surface area contributed by atoms with Crippen LogP contribution in [0.4, 0.5) is 4.79 Å². The molecule has 0 aliphatic carbocycles. The summed E-state index contributed by atoms with van der Waals surface area (Å²) < 4.78 is 10.9. The van der Waals surface area contributed by atoms with E-state index in [0.29, 0.717) is 5.06 Å². The van der Waals surface area contributed by atoms with Crippen molar-refractivity contribution >= 4 is 18.0 Å². The van der Waals surface area contributed by atoms with Crippen molar-refractivity contribution in [2.24, 2.45) is 27.2 Å². The van der Waals surface area contributed by atoms with Gasteiger partial charge in [0.1, 0.15) is 30.4 Å². The standard InChI is InChI=1S/C18H25N7O5/c1-17(27)12(29-8-10-5-3-2-4-6-10)7-24-14(19)22-11(9-30-16(21)26)13-18(17,24)25(28)15(20)23-13/h2-6,11-13,27-28H,7-9H2,1H3,(H2,19,22)(H2,20,23)(H2,21,26)/t11-,12?,13?,17-,18?/m0/s1. The predicted octanol–water partition coefficient (Wildman–Crippen LogP) is -1.48. The van der Waals surface area contributed by atoms with E-state index in [-0.39, 0.29) is 31.7 Å². The third kappa shape index (κ3) is 2.75. The van der Waals surface area contributed by atoms with Gasteiger partial charge in [-0.15, -0.1) is 0 Å². The van der Waals surface area contributed by atoms with Crippen molar-refractivity contribution in [1.29, 1.82) is 0 Å². The normalized spacial score (nSPS) is 34.8. The van der Waals surface area contributed by atoms with Crippen LogP contribution in [-0.4, -0.2) is 80.9 Å². The Hall–Kier alpha value is -3.09. The zero-order valence-corrected chi connectivity index (χ0v) is 16.4. The Morgan fingerprint density at radius 1 is 1.27 bits per heavy atom. The number of carbonyl (C=O) groups is 1. The van der Waals surface area contributed by atoms with Gasteiger partial charge in [0.2, 0.25) is 5.96 Å². The first-order valence-corrected chi connectivity index (χ1v) is 9.43. The number of guanidine groups is 2. The van der Waals surface area contributed by atoms with Crippen LogP contribution in [0.25, 0.3) is 0 Å². The number of amides is 1.